The SMILES string of the molecule is COc1cc(C(=O)N2c3ccccc3CCC2(Cc2ccccc2)C(=O)O)ccc1C(C)(C)C. The highest BCUT2D eigenvalue weighted by atomic mass is 16.5. The van der Waals surface area contributed by atoms with Crippen molar-refractivity contribution >= 4 is 17.6 Å². The molecule has 3 aromatic rings. The maximum atomic E-state index is 14.1. The van der Waals surface area contributed by atoms with Crippen molar-refractivity contribution in [2.45, 2.75) is 51.0 Å². The fourth-order valence-electron chi connectivity index (χ4n) is 4.88. The Morgan fingerprint density at radius 2 is 1.68 bits per heavy atom. The van der Waals surface area contributed by atoms with E-state index in [4.69, 9.17) is 4.74 Å². The van der Waals surface area contributed by atoms with Gasteiger partial charge in [0.15, 0.2) is 0 Å². The normalized spacial score (nSPS) is 17.7. The summed E-state index contributed by atoms with van der Waals surface area (Å²) in [4.78, 5) is 28.5. The highest BCUT2D eigenvalue weighted by Crippen LogP contribution is 2.41. The minimum atomic E-state index is -1.40. The molecule has 5 heteroatoms. The monoisotopic (exact) mass is 457 g/mol. The van der Waals surface area contributed by atoms with Gasteiger partial charge in [0.2, 0.25) is 0 Å². The van der Waals surface area contributed by atoms with Crippen LogP contribution in [0.2, 0.25) is 0 Å². The van der Waals surface area contributed by atoms with Crippen molar-refractivity contribution in [3.63, 3.8) is 0 Å². The van der Waals surface area contributed by atoms with Gasteiger partial charge in [-0.2, -0.15) is 0 Å². The van der Waals surface area contributed by atoms with Gasteiger partial charge in [0.25, 0.3) is 5.91 Å². The van der Waals surface area contributed by atoms with Gasteiger partial charge in [-0.15, -0.1) is 0 Å². The molecule has 1 aliphatic rings. The predicted octanol–water partition coefficient (Wildman–Crippen LogP) is 5.65. The third kappa shape index (κ3) is 4.18. The minimum Gasteiger partial charge on any atom is -0.496 e. The number of carboxylic acid groups (broad SMARTS) is 1. The van der Waals surface area contributed by atoms with Crippen LogP contribution in [0.3, 0.4) is 0 Å². The number of nitrogens with zero attached hydrogens (tertiary/aromatic N) is 1. The average Bonchev–Trinajstić information content (AvgIpc) is 2.83. The lowest BCUT2D eigenvalue weighted by atomic mass is 9.78. The van der Waals surface area contributed by atoms with Crippen molar-refractivity contribution in [2.24, 2.45) is 0 Å². The van der Waals surface area contributed by atoms with Gasteiger partial charge >= 0.3 is 5.97 Å². The van der Waals surface area contributed by atoms with Crippen molar-refractivity contribution in [3.05, 3.63) is 95.1 Å². The summed E-state index contributed by atoms with van der Waals surface area (Å²) in [7, 11) is 1.59. The van der Waals surface area contributed by atoms with Gasteiger partial charge < -0.3 is 9.84 Å². The molecule has 1 amide bonds. The van der Waals surface area contributed by atoms with E-state index in [-0.39, 0.29) is 17.7 Å². The van der Waals surface area contributed by atoms with E-state index >= 15 is 0 Å². The Hall–Kier alpha value is -3.60. The molecule has 0 spiro atoms. The lowest BCUT2D eigenvalue weighted by molar-refractivity contribution is -0.143. The largest absolute Gasteiger partial charge is 0.496 e. The zero-order valence-corrected chi connectivity index (χ0v) is 20.2. The Balaban J connectivity index is 1.87. The molecule has 0 radical (unpaired) electrons. The molecule has 0 bridgehead atoms. The van der Waals surface area contributed by atoms with Gasteiger partial charge in [0.1, 0.15) is 11.3 Å². The van der Waals surface area contributed by atoms with E-state index in [0.29, 0.717) is 29.8 Å². The number of aryl methyl sites for hydroxylation is 1. The molecule has 0 aliphatic carbocycles. The zero-order chi connectivity index (χ0) is 24.5. The standard InChI is InChI=1S/C29H31NO4/c1-28(2,3)23-15-14-22(18-25(23)34-4)26(31)30-24-13-9-8-12-21(24)16-17-29(30,27(32)33)19-20-10-6-5-7-11-20/h5-15,18H,16-17,19H2,1-4H3,(H,32,33). The first-order chi connectivity index (χ1) is 16.2. The number of carboxylic acids is 1. The highest BCUT2D eigenvalue weighted by Gasteiger charge is 2.50. The van der Waals surface area contributed by atoms with Crippen LogP contribution in [0.5, 0.6) is 5.75 Å². The number of hydrogen-bond donors (Lipinski definition) is 1. The van der Waals surface area contributed by atoms with Crippen LogP contribution in [0, 0.1) is 0 Å². The molecule has 5 nitrogen and oxygen atoms in total. The summed E-state index contributed by atoms with van der Waals surface area (Å²) in [5.41, 5.74) is 2.32. The Morgan fingerprint density at radius 1 is 1.00 bits per heavy atom. The highest BCUT2D eigenvalue weighted by molar-refractivity contribution is 6.11. The van der Waals surface area contributed by atoms with Crippen molar-refractivity contribution in [1.82, 2.24) is 0 Å². The number of carbonyl (C=O) groups is 2. The van der Waals surface area contributed by atoms with Gasteiger partial charge in [-0.1, -0.05) is 75.4 Å². The maximum Gasteiger partial charge on any atom is 0.330 e. The first-order valence-electron chi connectivity index (χ1n) is 11.6. The van der Waals surface area contributed by atoms with Gasteiger partial charge in [0.05, 0.1) is 7.11 Å². The number of hydrogen-bond acceptors (Lipinski definition) is 3. The molecule has 176 valence electrons. The second-order valence-electron chi connectivity index (χ2n) is 9.93. The second kappa shape index (κ2) is 8.98. The summed E-state index contributed by atoms with van der Waals surface area (Å²) in [5, 5.41) is 10.6. The van der Waals surface area contributed by atoms with Crippen LogP contribution in [-0.4, -0.2) is 29.6 Å². The number of fused-ring (bicyclic) bond motifs is 1. The van der Waals surface area contributed by atoms with Crippen LogP contribution in [0.4, 0.5) is 5.69 Å². The fourth-order valence-corrected chi connectivity index (χ4v) is 4.88. The molecule has 1 atom stereocenters. The molecular weight excluding hydrogens is 426 g/mol. The van der Waals surface area contributed by atoms with Crippen LogP contribution in [0.1, 0.15) is 54.2 Å². The van der Waals surface area contributed by atoms with E-state index < -0.39 is 11.5 Å². The molecule has 4 rings (SSSR count). The van der Waals surface area contributed by atoms with Gasteiger partial charge in [-0.3, -0.25) is 9.69 Å². The van der Waals surface area contributed by atoms with Crippen LogP contribution in [-0.2, 0) is 23.1 Å². The molecule has 0 aromatic heterocycles. The number of ether oxygens (including phenoxy) is 1. The molecule has 0 fully saturated rings. The summed E-state index contributed by atoms with van der Waals surface area (Å²) >= 11 is 0. The maximum absolute atomic E-state index is 14.1. The number of carbonyl (C=O) groups excluding carboxylic acids is 1. The third-order valence-electron chi connectivity index (χ3n) is 6.67. The summed E-state index contributed by atoms with van der Waals surface area (Å²) in [6.45, 7) is 6.26. The van der Waals surface area contributed by atoms with E-state index in [0.717, 1.165) is 16.7 Å². The van der Waals surface area contributed by atoms with Crippen molar-refractivity contribution in [1.29, 1.82) is 0 Å². The Kier molecular flexibility index (Phi) is 6.22. The molecule has 3 aromatic carbocycles. The van der Waals surface area contributed by atoms with E-state index in [9.17, 15) is 14.7 Å². The Morgan fingerprint density at radius 3 is 2.32 bits per heavy atom. The number of para-hydroxylation sites is 1. The molecule has 0 saturated heterocycles. The second-order valence-corrected chi connectivity index (χ2v) is 9.93. The molecule has 1 unspecified atom stereocenters. The summed E-state index contributed by atoms with van der Waals surface area (Å²) in [6, 6.07) is 22.5. The number of methoxy groups -OCH3 is 1. The number of anilines is 1. The van der Waals surface area contributed by atoms with Gasteiger partial charge in [-0.25, -0.2) is 4.79 Å². The van der Waals surface area contributed by atoms with E-state index in [1.54, 1.807) is 19.2 Å². The van der Waals surface area contributed by atoms with E-state index in [2.05, 4.69) is 20.8 Å². The van der Waals surface area contributed by atoms with Crippen molar-refractivity contribution < 1.29 is 19.4 Å². The molecule has 34 heavy (non-hydrogen) atoms. The predicted molar refractivity (Wildman–Crippen MR) is 134 cm³/mol. The molecule has 1 N–H and O–H groups in total. The summed E-state index contributed by atoms with van der Waals surface area (Å²) in [6.07, 6.45) is 1.14. The van der Waals surface area contributed by atoms with Gasteiger partial charge in [-0.05, 0) is 53.1 Å². The molecule has 1 aliphatic heterocycles. The van der Waals surface area contributed by atoms with Crippen molar-refractivity contribution in [3.8, 4) is 5.75 Å². The number of amides is 1. The number of benzene rings is 3. The lowest BCUT2D eigenvalue weighted by Crippen LogP contribution is -2.61. The van der Waals surface area contributed by atoms with Crippen LogP contribution in [0.25, 0.3) is 0 Å². The van der Waals surface area contributed by atoms with Crippen LogP contribution in [0.15, 0.2) is 72.8 Å². The smallest absolute Gasteiger partial charge is 0.330 e. The quantitative estimate of drug-likeness (QED) is 0.537. The molecule has 0 saturated carbocycles. The first-order valence-corrected chi connectivity index (χ1v) is 11.6. The number of aliphatic carboxylic acids is 1. The topological polar surface area (TPSA) is 66.8 Å². The molecular formula is C29H31NO4. The van der Waals surface area contributed by atoms with Crippen molar-refractivity contribution in [2.75, 3.05) is 12.0 Å². The van der Waals surface area contributed by atoms with E-state index in [1.807, 2.05) is 60.7 Å². The van der Waals surface area contributed by atoms with Crippen LogP contribution >= 0.6 is 0 Å². The first kappa shape index (κ1) is 23.6. The Bertz CT molecular complexity index is 1210. The zero-order valence-electron chi connectivity index (χ0n) is 20.2. The summed E-state index contributed by atoms with van der Waals surface area (Å²) in [5.74, 6) is -0.727. The van der Waals surface area contributed by atoms with Gasteiger partial charge in [0, 0.05) is 17.7 Å². The minimum absolute atomic E-state index is 0.164. The lowest BCUT2D eigenvalue weighted by Gasteiger charge is -2.45. The average molecular weight is 458 g/mol. The Labute approximate surface area is 201 Å². The van der Waals surface area contributed by atoms with Crippen LogP contribution < -0.4 is 9.64 Å². The number of rotatable bonds is 5. The summed E-state index contributed by atoms with van der Waals surface area (Å²) < 4.78 is 5.63. The third-order valence-corrected chi connectivity index (χ3v) is 6.67. The molecule has 1 heterocycles. The van der Waals surface area contributed by atoms with E-state index in [1.165, 1.54) is 4.90 Å². The fraction of sp³-hybridized carbons (Fsp3) is 0.310.